The van der Waals surface area contributed by atoms with Crippen LogP contribution in [0.15, 0.2) is 0 Å². The number of nitrogens with zero attached hydrogens (tertiary/aromatic N) is 1. The van der Waals surface area contributed by atoms with Crippen LogP contribution in [-0.2, 0) is 20.7 Å². The molecule has 6 heteroatoms. The van der Waals surface area contributed by atoms with Crippen molar-refractivity contribution in [3.05, 3.63) is 15.6 Å². The minimum absolute atomic E-state index is 0.0776. The molecule has 0 spiro atoms. The van der Waals surface area contributed by atoms with E-state index in [0.29, 0.717) is 26.4 Å². The highest BCUT2D eigenvalue weighted by Crippen LogP contribution is 2.17. The first-order valence-electron chi connectivity index (χ1n) is 6.57. The summed E-state index contributed by atoms with van der Waals surface area (Å²) in [5.74, 6) is -0.0776. The third-order valence-electron chi connectivity index (χ3n) is 3.05. The van der Waals surface area contributed by atoms with E-state index in [9.17, 15) is 4.79 Å². The zero-order chi connectivity index (χ0) is 13.7. The Bertz CT molecular complexity index is 408. The Kier molecular flexibility index (Phi) is 5.30. The van der Waals surface area contributed by atoms with Crippen LogP contribution in [0.2, 0.25) is 0 Å². The predicted octanol–water partition coefficient (Wildman–Crippen LogP) is 1.22. The Morgan fingerprint density at radius 3 is 2.95 bits per heavy atom. The van der Waals surface area contributed by atoms with E-state index in [4.69, 9.17) is 9.47 Å². The fraction of sp³-hybridized carbons (Fsp3) is 0.692. The smallest absolute Gasteiger partial charge is 0.251 e. The van der Waals surface area contributed by atoms with Crippen LogP contribution in [0.1, 0.15) is 22.0 Å². The van der Waals surface area contributed by atoms with Crippen molar-refractivity contribution in [2.24, 2.45) is 0 Å². The van der Waals surface area contributed by atoms with Crippen molar-refractivity contribution in [2.75, 3.05) is 26.4 Å². The molecule has 0 aliphatic carbocycles. The molecule has 0 radical (unpaired) electrons. The predicted molar refractivity (Wildman–Crippen MR) is 73.5 cm³/mol. The van der Waals surface area contributed by atoms with Crippen molar-refractivity contribution in [1.29, 1.82) is 0 Å². The van der Waals surface area contributed by atoms with E-state index in [0.717, 1.165) is 23.5 Å². The fourth-order valence-corrected chi connectivity index (χ4v) is 2.83. The average molecular weight is 284 g/mol. The van der Waals surface area contributed by atoms with Gasteiger partial charge in [0, 0.05) is 17.8 Å². The Morgan fingerprint density at radius 1 is 1.47 bits per heavy atom. The van der Waals surface area contributed by atoms with Gasteiger partial charge in [0.05, 0.1) is 30.5 Å². The highest BCUT2D eigenvalue weighted by Gasteiger charge is 2.21. The molecule has 0 aromatic carbocycles. The summed E-state index contributed by atoms with van der Waals surface area (Å²) in [5, 5.41) is 4.02. The van der Waals surface area contributed by atoms with Gasteiger partial charge in [-0.15, -0.1) is 11.3 Å². The van der Waals surface area contributed by atoms with Gasteiger partial charge in [-0.05, 0) is 20.3 Å². The number of hydrogen-bond acceptors (Lipinski definition) is 5. The van der Waals surface area contributed by atoms with Gasteiger partial charge in [-0.2, -0.15) is 0 Å². The third kappa shape index (κ3) is 4.26. The summed E-state index contributed by atoms with van der Waals surface area (Å²) >= 11 is 1.73. The van der Waals surface area contributed by atoms with Gasteiger partial charge >= 0.3 is 0 Å². The maximum Gasteiger partial charge on any atom is 0.251 e. The van der Waals surface area contributed by atoms with Crippen LogP contribution >= 0.6 is 11.3 Å². The number of aryl methyl sites for hydroxylation is 3. The normalized spacial score (nSPS) is 19.4. The van der Waals surface area contributed by atoms with Crippen molar-refractivity contribution in [2.45, 2.75) is 32.8 Å². The van der Waals surface area contributed by atoms with E-state index in [2.05, 4.69) is 17.2 Å². The second kappa shape index (κ2) is 6.98. The van der Waals surface area contributed by atoms with E-state index >= 15 is 0 Å². The molecule has 1 saturated heterocycles. The van der Waals surface area contributed by atoms with Crippen LogP contribution in [0.3, 0.4) is 0 Å². The number of rotatable bonds is 5. The minimum Gasteiger partial charge on any atom is -0.376 e. The van der Waals surface area contributed by atoms with Crippen LogP contribution in [-0.4, -0.2) is 43.4 Å². The highest BCUT2D eigenvalue weighted by molar-refractivity contribution is 7.11. The first-order valence-corrected chi connectivity index (χ1v) is 7.38. The van der Waals surface area contributed by atoms with E-state index in [1.54, 1.807) is 11.3 Å². The number of aromatic nitrogens is 1. The van der Waals surface area contributed by atoms with Crippen LogP contribution in [0.5, 0.6) is 0 Å². The van der Waals surface area contributed by atoms with Crippen molar-refractivity contribution in [1.82, 2.24) is 10.3 Å². The van der Waals surface area contributed by atoms with Crippen molar-refractivity contribution >= 4 is 17.2 Å². The first-order chi connectivity index (χ1) is 9.16. The molecule has 1 aromatic rings. The molecular formula is C13H20N2O3S. The number of hydrogen-bond donors (Lipinski definition) is 1. The first kappa shape index (κ1) is 14.4. The van der Waals surface area contributed by atoms with Crippen LogP contribution in [0.25, 0.3) is 0 Å². The molecule has 1 fully saturated rings. The fourth-order valence-electron chi connectivity index (χ4n) is 1.85. The Balaban J connectivity index is 1.64. The van der Waals surface area contributed by atoms with Crippen LogP contribution in [0, 0.1) is 13.8 Å². The molecule has 1 aliphatic rings. The second-order valence-corrected chi connectivity index (χ2v) is 5.87. The van der Waals surface area contributed by atoms with Crippen molar-refractivity contribution in [3.63, 3.8) is 0 Å². The zero-order valence-corrected chi connectivity index (χ0v) is 12.2. The molecule has 106 valence electrons. The SMILES string of the molecule is Cc1nc(CCCNC(=O)[C@H]2COCCO2)sc1C. The van der Waals surface area contributed by atoms with Gasteiger partial charge in [0.2, 0.25) is 0 Å². The van der Waals surface area contributed by atoms with Gasteiger partial charge in [-0.1, -0.05) is 0 Å². The molecule has 5 nitrogen and oxygen atoms in total. The number of amides is 1. The quantitative estimate of drug-likeness (QED) is 0.826. The molecule has 0 saturated carbocycles. The molecule has 1 amide bonds. The Labute approximate surface area is 117 Å². The summed E-state index contributed by atoms with van der Waals surface area (Å²) in [6.07, 6.45) is 1.35. The molecule has 1 N–H and O–H groups in total. The lowest BCUT2D eigenvalue weighted by Crippen LogP contribution is -2.43. The van der Waals surface area contributed by atoms with Crippen molar-refractivity contribution < 1.29 is 14.3 Å². The summed E-state index contributed by atoms with van der Waals surface area (Å²) in [7, 11) is 0. The molecule has 1 aliphatic heterocycles. The summed E-state index contributed by atoms with van der Waals surface area (Å²) in [6, 6.07) is 0. The van der Waals surface area contributed by atoms with E-state index in [-0.39, 0.29) is 5.91 Å². The van der Waals surface area contributed by atoms with E-state index in [1.165, 1.54) is 4.88 Å². The standard InChI is InChI=1S/C13H20N2O3S/c1-9-10(2)19-12(15-9)4-3-5-14-13(16)11-8-17-6-7-18-11/h11H,3-8H2,1-2H3,(H,14,16)/t11-/m1/s1. The number of carbonyl (C=O) groups is 1. The van der Waals surface area contributed by atoms with E-state index < -0.39 is 6.10 Å². The lowest BCUT2D eigenvalue weighted by atomic mass is 10.3. The molecule has 1 atom stereocenters. The maximum atomic E-state index is 11.7. The number of ether oxygens (including phenoxy) is 2. The van der Waals surface area contributed by atoms with Crippen LogP contribution < -0.4 is 5.32 Å². The number of nitrogens with one attached hydrogen (secondary N) is 1. The molecule has 0 bridgehead atoms. The molecule has 2 rings (SSSR count). The zero-order valence-electron chi connectivity index (χ0n) is 11.4. The van der Waals surface area contributed by atoms with Crippen molar-refractivity contribution in [3.8, 4) is 0 Å². The summed E-state index contributed by atoms with van der Waals surface area (Å²) in [6.45, 7) is 6.19. The maximum absolute atomic E-state index is 11.7. The lowest BCUT2D eigenvalue weighted by Gasteiger charge is -2.21. The topological polar surface area (TPSA) is 60.5 Å². The third-order valence-corrected chi connectivity index (χ3v) is 4.18. The minimum atomic E-state index is -0.446. The molecule has 0 unspecified atom stereocenters. The monoisotopic (exact) mass is 284 g/mol. The number of carbonyl (C=O) groups excluding carboxylic acids is 1. The summed E-state index contributed by atoms with van der Waals surface area (Å²) < 4.78 is 10.5. The summed E-state index contributed by atoms with van der Waals surface area (Å²) in [5.41, 5.74) is 1.11. The highest BCUT2D eigenvalue weighted by atomic mass is 32.1. The Morgan fingerprint density at radius 2 is 2.32 bits per heavy atom. The average Bonchev–Trinajstić information content (AvgIpc) is 2.74. The molecule has 1 aromatic heterocycles. The molecule has 2 heterocycles. The molecular weight excluding hydrogens is 264 g/mol. The van der Waals surface area contributed by atoms with Gasteiger partial charge in [0.1, 0.15) is 0 Å². The summed E-state index contributed by atoms with van der Waals surface area (Å²) in [4.78, 5) is 17.5. The second-order valence-electron chi connectivity index (χ2n) is 4.58. The lowest BCUT2D eigenvalue weighted by molar-refractivity contribution is -0.147. The van der Waals surface area contributed by atoms with Gasteiger partial charge in [0.25, 0.3) is 5.91 Å². The van der Waals surface area contributed by atoms with Crippen LogP contribution in [0.4, 0.5) is 0 Å². The largest absolute Gasteiger partial charge is 0.376 e. The van der Waals surface area contributed by atoms with Gasteiger partial charge < -0.3 is 14.8 Å². The Hall–Kier alpha value is -0.980. The van der Waals surface area contributed by atoms with Gasteiger partial charge in [-0.3, -0.25) is 4.79 Å². The van der Waals surface area contributed by atoms with Gasteiger partial charge in [-0.25, -0.2) is 4.98 Å². The molecule has 19 heavy (non-hydrogen) atoms. The number of thiazole rings is 1. The van der Waals surface area contributed by atoms with E-state index in [1.807, 2.05) is 6.92 Å². The van der Waals surface area contributed by atoms with Gasteiger partial charge in [0.15, 0.2) is 6.10 Å².